The Kier molecular flexibility index (Phi) is 6.53. The van der Waals surface area contributed by atoms with Crippen molar-refractivity contribution in [3.8, 4) is 5.75 Å². The molecule has 0 bridgehead atoms. The Labute approximate surface area is 172 Å². The third-order valence-corrected chi connectivity index (χ3v) is 5.22. The highest BCUT2D eigenvalue weighted by atomic mass is 32.2. The highest BCUT2D eigenvalue weighted by molar-refractivity contribution is 8.00. The number of aromatic nitrogens is 2. The quantitative estimate of drug-likeness (QED) is 0.542. The minimum atomic E-state index is -0.632. The second kappa shape index (κ2) is 9.09. The lowest BCUT2D eigenvalue weighted by Crippen LogP contribution is -2.23. The van der Waals surface area contributed by atoms with Crippen molar-refractivity contribution in [2.24, 2.45) is 0 Å². The highest BCUT2D eigenvalue weighted by Crippen LogP contribution is 2.28. The van der Waals surface area contributed by atoms with Gasteiger partial charge in [0.05, 0.1) is 5.25 Å². The van der Waals surface area contributed by atoms with Crippen LogP contribution in [0.15, 0.2) is 52.1 Å². The second-order valence-electron chi connectivity index (χ2n) is 6.61. The smallest absolute Gasteiger partial charge is 0.277 e. The first kappa shape index (κ1) is 20.9. The number of nitrogens with zero attached hydrogens (tertiary/aromatic N) is 2. The van der Waals surface area contributed by atoms with Crippen molar-refractivity contribution < 1.29 is 18.3 Å². The van der Waals surface area contributed by atoms with E-state index in [1.54, 1.807) is 26.0 Å². The SMILES string of the molecule is Cc1cccc(C)c1NC(=O)[C@H](C)Sc1nnc([C@H](C)Oc2ccccc2F)o1. The summed E-state index contributed by atoms with van der Waals surface area (Å²) < 4.78 is 24.9. The van der Waals surface area contributed by atoms with Gasteiger partial charge in [-0.25, -0.2) is 4.39 Å². The van der Waals surface area contributed by atoms with Crippen molar-refractivity contribution in [1.82, 2.24) is 10.2 Å². The first-order chi connectivity index (χ1) is 13.8. The third kappa shape index (κ3) is 5.14. The lowest BCUT2D eigenvalue weighted by Gasteiger charge is -2.14. The molecule has 1 amide bonds. The number of nitrogens with one attached hydrogen (secondary N) is 1. The summed E-state index contributed by atoms with van der Waals surface area (Å²) in [5.74, 6) is -0.320. The number of aryl methyl sites for hydroxylation is 2. The lowest BCUT2D eigenvalue weighted by atomic mass is 10.1. The lowest BCUT2D eigenvalue weighted by molar-refractivity contribution is -0.115. The normalized spacial score (nSPS) is 13.0. The number of benzene rings is 2. The molecule has 0 aliphatic rings. The predicted molar refractivity (Wildman–Crippen MR) is 110 cm³/mol. The van der Waals surface area contributed by atoms with Gasteiger partial charge >= 0.3 is 0 Å². The molecule has 0 aliphatic carbocycles. The Morgan fingerprint density at radius 3 is 2.48 bits per heavy atom. The number of ether oxygens (including phenoxy) is 1. The molecule has 1 N–H and O–H groups in total. The van der Waals surface area contributed by atoms with E-state index in [1.807, 2.05) is 32.0 Å². The summed E-state index contributed by atoms with van der Waals surface area (Å²) >= 11 is 1.15. The molecular formula is C21H22FN3O3S. The zero-order chi connectivity index (χ0) is 21.0. The molecule has 0 saturated carbocycles. The Bertz CT molecular complexity index is 988. The number of para-hydroxylation sites is 2. The monoisotopic (exact) mass is 415 g/mol. The number of carbonyl (C=O) groups is 1. The van der Waals surface area contributed by atoms with E-state index < -0.39 is 17.2 Å². The Morgan fingerprint density at radius 1 is 1.10 bits per heavy atom. The van der Waals surface area contributed by atoms with Gasteiger partial charge in [0, 0.05) is 5.69 Å². The van der Waals surface area contributed by atoms with Crippen molar-refractivity contribution in [2.45, 2.75) is 44.3 Å². The van der Waals surface area contributed by atoms with Crippen molar-refractivity contribution in [3.05, 3.63) is 65.3 Å². The van der Waals surface area contributed by atoms with Gasteiger partial charge < -0.3 is 14.5 Å². The van der Waals surface area contributed by atoms with Gasteiger partial charge in [-0.15, -0.1) is 10.2 Å². The van der Waals surface area contributed by atoms with E-state index in [0.717, 1.165) is 28.6 Å². The molecule has 152 valence electrons. The molecule has 0 saturated heterocycles. The molecular weight excluding hydrogens is 393 g/mol. The average molecular weight is 415 g/mol. The first-order valence-electron chi connectivity index (χ1n) is 9.13. The minimum absolute atomic E-state index is 0.105. The van der Waals surface area contributed by atoms with Crippen LogP contribution in [0.4, 0.5) is 10.1 Å². The van der Waals surface area contributed by atoms with E-state index in [-0.39, 0.29) is 22.8 Å². The average Bonchev–Trinajstić information content (AvgIpc) is 3.15. The van der Waals surface area contributed by atoms with Crippen LogP contribution in [-0.4, -0.2) is 21.4 Å². The van der Waals surface area contributed by atoms with Crippen LogP contribution in [0.5, 0.6) is 5.75 Å². The first-order valence-corrected chi connectivity index (χ1v) is 10.0. The van der Waals surface area contributed by atoms with Crippen LogP contribution in [0.1, 0.15) is 37.0 Å². The molecule has 0 fully saturated rings. The number of hydrogen-bond donors (Lipinski definition) is 1. The molecule has 0 radical (unpaired) electrons. The number of hydrogen-bond acceptors (Lipinski definition) is 6. The van der Waals surface area contributed by atoms with Gasteiger partial charge in [-0.3, -0.25) is 4.79 Å². The van der Waals surface area contributed by atoms with Gasteiger partial charge in [0.15, 0.2) is 17.7 Å². The topological polar surface area (TPSA) is 77.2 Å². The van der Waals surface area contributed by atoms with Gasteiger partial charge in [-0.1, -0.05) is 42.1 Å². The van der Waals surface area contributed by atoms with E-state index in [4.69, 9.17) is 9.15 Å². The van der Waals surface area contributed by atoms with Crippen LogP contribution in [0.25, 0.3) is 0 Å². The fraction of sp³-hybridized carbons (Fsp3) is 0.286. The summed E-state index contributed by atoms with van der Waals surface area (Å²) in [6.45, 7) is 7.34. The van der Waals surface area contributed by atoms with Gasteiger partial charge in [0.1, 0.15) is 0 Å². The zero-order valence-electron chi connectivity index (χ0n) is 16.6. The second-order valence-corrected chi connectivity index (χ2v) is 7.90. The molecule has 2 atom stereocenters. The van der Waals surface area contributed by atoms with Gasteiger partial charge in [0.25, 0.3) is 11.1 Å². The molecule has 3 aromatic rings. The van der Waals surface area contributed by atoms with Crippen LogP contribution in [0, 0.1) is 19.7 Å². The number of anilines is 1. The standard InChI is InChI=1S/C21H22FN3O3S/c1-12-8-7-9-13(2)18(12)23-19(26)15(4)29-21-25-24-20(28-21)14(3)27-17-11-6-5-10-16(17)22/h5-11,14-15H,1-4H3,(H,23,26)/t14-,15-/m0/s1. The summed E-state index contributed by atoms with van der Waals surface area (Å²) in [6, 6.07) is 11.9. The van der Waals surface area contributed by atoms with Gasteiger partial charge in [-0.2, -0.15) is 0 Å². The van der Waals surface area contributed by atoms with Crippen LogP contribution in [0.3, 0.4) is 0 Å². The molecule has 0 aliphatic heterocycles. The van der Waals surface area contributed by atoms with Crippen LogP contribution in [0.2, 0.25) is 0 Å². The molecule has 0 unspecified atom stereocenters. The fourth-order valence-electron chi connectivity index (χ4n) is 2.65. The summed E-state index contributed by atoms with van der Waals surface area (Å²) in [5.41, 5.74) is 2.80. The van der Waals surface area contributed by atoms with Crippen LogP contribution < -0.4 is 10.1 Å². The Morgan fingerprint density at radius 2 is 1.79 bits per heavy atom. The largest absolute Gasteiger partial charge is 0.478 e. The van der Waals surface area contributed by atoms with E-state index in [2.05, 4.69) is 15.5 Å². The van der Waals surface area contributed by atoms with Crippen molar-refractivity contribution >= 4 is 23.4 Å². The molecule has 1 aromatic heterocycles. The Hall–Kier alpha value is -2.87. The van der Waals surface area contributed by atoms with Gasteiger partial charge in [-0.05, 0) is 51.0 Å². The molecule has 0 spiro atoms. The van der Waals surface area contributed by atoms with E-state index in [0.29, 0.717) is 0 Å². The molecule has 6 nitrogen and oxygen atoms in total. The number of thioether (sulfide) groups is 1. The van der Waals surface area contributed by atoms with Gasteiger partial charge in [0.2, 0.25) is 5.91 Å². The maximum absolute atomic E-state index is 13.7. The highest BCUT2D eigenvalue weighted by Gasteiger charge is 2.22. The van der Waals surface area contributed by atoms with E-state index in [1.165, 1.54) is 12.1 Å². The summed E-state index contributed by atoms with van der Waals surface area (Å²) in [5, 5.41) is 10.6. The van der Waals surface area contributed by atoms with Crippen LogP contribution in [-0.2, 0) is 4.79 Å². The number of amides is 1. The molecule has 29 heavy (non-hydrogen) atoms. The number of carbonyl (C=O) groups excluding carboxylic acids is 1. The summed E-state index contributed by atoms with van der Waals surface area (Å²) in [4.78, 5) is 12.6. The number of rotatable bonds is 7. The maximum Gasteiger partial charge on any atom is 0.277 e. The molecule has 2 aromatic carbocycles. The van der Waals surface area contributed by atoms with Crippen LogP contribution >= 0.6 is 11.8 Å². The van der Waals surface area contributed by atoms with Crippen molar-refractivity contribution in [3.63, 3.8) is 0 Å². The maximum atomic E-state index is 13.7. The van der Waals surface area contributed by atoms with E-state index in [9.17, 15) is 9.18 Å². The summed E-state index contributed by atoms with van der Waals surface area (Å²) in [6.07, 6.45) is -0.632. The minimum Gasteiger partial charge on any atom is -0.478 e. The van der Waals surface area contributed by atoms with Crippen molar-refractivity contribution in [1.29, 1.82) is 0 Å². The molecule has 8 heteroatoms. The fourth-order valence-corrected chi connectivity index (χ4v) is 3.34. The number of halogens is 1. The Balaban J connectivity index is 1.61. The molecule has 1 heterocycles. The van der Waals surface area contributed by atoms with E-state index >= 15 is 0 Å². The molecule has 3 rings (SSSR count). The summed E-state index contributed by atoms with van der Waals surface area (Å²) in [7, 11) is 0. The predicted octanol–water partition coefficient (Wildman–Crippen LogP) is 5.08. The zero-order valence-corrected chi connectivity index (χ0v) is 17.4. The van der Waals surface area contributed by atoms with Crippen molar-refractivity contribution in [2.75, 3.05) is 5.32 Å². The third-order valence-electron chi connectivity index (χ3n) is 4.29.